The van der Waals surface area contributed by atoms with Gasteiger partial charge in [0.15, 0.2) is 0 Å². The minimum atomic E-state index is -0.156. The fourth-order valence-electron chi connectivity index (χ4n) is 1.89. The third kappa shape index (κ3) is 7.14. The molecule has 1 aromatic carbocycles. The van der Waals surface area contributed by atoms with Crippen molar-refractivity contribution in [1.82, 2.24) is 5.32 Å². The summed E-state index contributed by atoms with van der Waals surface area (Å²) in [6.45, 7) is 7.91. The van der Waals surface area contributed by atoms with E-state index in [4.69, 9.17) is 4.74 Å². The van der Waals surface area contributed by atoms with E-state index in [9.17, 15) is 4.79 Å². The number of hydrogen-bond donors (Lipinski definition) is 1. The van der Waals surface area contributed by atoms with Gasteiger partial charge in [0.2, 0.25) is 0 Å². The van der Waals surface area contributed by atoms with Crippen LogP contribution in [0, 0.1) is 5.92 Å². The molecule has 4 nitrogen and oxygen atoms in total. The van der Waals surface area contributed by atoms with Gasteiger partial charge in [0.25, 0.3) is 0 Å². The highest BCUT2D eigenvalue weighted by atomic mass is 16.5. The van der Waals surface area contributed by atoms with Crippen LogP contribution in [0.15, 0.2) is 24.3 Å². The number of nitrogens with one attached hydrogen (secondary N) is 1. The topological polar surface area (TPSA) is 47.6 Å². The maximum atomic E-state index is 11.0. The molecule has 1 N–H and O–H groups in total. The monoisotopic (exact) mass is 293 g/mol. The van der Waals surface area contributed by atoms with Crippen LogP contribution in [0.4, 0.5) is 0 Å². The summed E-state index contributed by atoms with van der Waals surface area (Å²) in [6, 6.07) is 8.41. The van der Waals surface area contributed by atoms with Crippen LogP contribution in [0.2, 0.25) is 0 Å². The maximum absolute atomic E-state index is 11.0. The van der Waals surface area contributed by atoms with Crippen molar-refractivity contribution in [1.29, 1.82) is 0 Å². The molecule has 0 aliphatic rings. The number of rotatable bonds is 9. The van der Waals surface area contributed by atoms with Gasteiger partial charge in [-0.25, -0.2) is 0 Å². The highest BCUT2D eigenvalue weighted by Crippen LogP contribution is 2.18. The van der Waals surface area contributed by atoms with Crippen LogP contribution in [-0.2, 0) is 9.53 Å². The molecule has 0 saturated carbocycles. The van der Waals surface area contributed by atoms with E-state index >= 15 is 0 Å². The maximum Gasteiger partial charge on any atom is 0.305 e. The SMILES string of the molecule is COC(=O)CCCNC(C)c1ccc(OCC(C)C)cc1. The van der Waals surface area contributed by atoms with Crippen LogP contribution >= 0.6 is 0 Å². The standard InChI is InChI=1S/C17H27NO3/c1-13(2)12-21-16-9-7-15(8-10-16)14(3)18-11-5-6-17(19)20-4/h7-10,13-14,18H,5-6,11-12H2,1-4H3. The molecule has 0 spiro atoms. The van der Waals surface area contributed by atoms with Gasteiger partial charge >= 0.3 is 5.97 Å². The molecule has 0 aliphatic heterocycles. The largest absolute Gasteiger partial charge is 0.493 e. The lowest BCUT2D eigenvalue weighted by molar-refractivity contribution is -0.140. The second-order valence-electron chi connectivity index (χ2n) is 5.63. The quantitative estimate of drug-likeness (QED) is 0.560. The van der Waals surface area contributed by atoms with Crippen molar-refractivity contribution in [3.8, 4) is 5.75 Å². The molecular weight excluding hydrogens is 266 g/mol. The summed E-state index contributed by atoms with van der Waals surface area (Å²) in [4.78, 5) is 11.0. The zero-order valence-corrected chi connectivity index (χ0v) is 13.5. The molecule has 118 valence electrons. The van der Waals surface area contributed by atoms with Crippen molar-refractivity contribution in [3.05, 3.63) is 29.8 Å². The van der Waals surface area contributed by atoms with E-state index in [1.807, 2.05) is 12.1 Å². The average molecular weight is 293 g/mol. The summed E-state index contributed by atoms with van der Waals surface area (Å²) in [5, 5.41) is 3.40. The lowest BCUT2D eigenvalue weighted by atomic mass is 10.1. The molecule has 0 saturated heterocycles. The predicted molar refractivity (Wildman–Crippen MR) is 84.4 cm³/mol. The lowest BCUT2D eigenvalue weighted by Gasteiger charge is -2.15. The minimum absolute atomic E-state index is 0.156. The van der Waals surface area contributed by atoms with E-state index in [1.54, 1.807) is 0 Å². The minimum Gasteiger partial charge on any atom is -0.493 e. The molecule has 21 heavy (non-hydrogen) atoms. The summed E-state index contributed by atoms with van der Waals surface area (Å²) in [7, 11) is 1.42. The van der Waals surface area contributed by atoms with Crippen LogP contribution in [-0.4, -0.2) is 26.2 Å². The zero-order chi connectivity index (χ0) is 15.7. The Hall–Kier alpha value is -1.55. The normalized spacial score (nSPS) is 12.2. The van der Waals surface area contributed by atoms with Gasteiger partial charge in [0.1, 0.15) is 5.75 Å². The summed E-state index contributed by atoms with van der Waals surface area (Å²) < 4.78 is 10.3. The number of methoxy groups -OCH3 is 1. The Labute approximate surface area is 127 Å². The van der Waals surface area contributed by atoms with Crippen LogP contribution in [0.5, 0.6) is 5.75 Å². The van der Waals surface area contributed by atoms with Crippen LogP contribution in [0.25, 0.3) is 0 Å². The first-order chi connectivity index (χ1) is 10.0. The molecule has 1 rings (SSSR count). The lowest BCUT2D eigenvalue weighted by Crippen LogP contribution is -2.20. The van der Waals surface area contributed by atoms with Gasteiger partial charge in [-0.15, -0.1) is 0 Å². The van der Waals surface area contributed by atoms with Gasteiger partial charge in [-0.2, -0.15) is 0 Å². The smallest absolute Gasteiger partial charge is 0.305 e. The van der Waals surface area contributed by atoms with E-state index in [-0.39, 0.29) is 12.0 Å². The van der Waals surface area contributed by atoms with Crippen molar-refractivity contribution in [3.63, 3.8) is 0 Å². The van der Waals surface area contributed by atoms with Gasteiger partial charge in [-0.1, -0.05) is 26.0 Å². The molecule has 4 heteroatoms. The molecular formula is C17H27NO3. The number of carbonyl (C=O) groups is 1. The third-order valence-electron chi connectivity index (χ3n) is 3.20. The van der Waals surface area contributed by atoms with Crippen LogP contribution in [0.1, 0.15) is 45.2 Å². The van der Waals surface area contributed by atoms with Gasteiger partial charge < -0.3 is 14.8 Å². The van der Waals surface area contributed by atoms with E-state index in [0.717, 1.165) is 25.3 Å². The number of esters is 1. The molecule has 0 heterocycles. The molecule has 0 bridgehead atoms. The molecule has 0 amide bonds. The molecule has 0 radical (unpaired) electrons. The summed E-state index contributed by atoms with van der Waals surface area (Å²) in [5.41, 5.74) is 1.21. The summed E-state index contributed by atoms with van der Waals surface area (Å²) >= 11 is 0. The predicted octanol–water partition coefficient (Wildman–Crippen LogP) is 3.33. The Balaban J connectivity index is 2.33. The fourth-order valence-corrected chi connectivity index (χ4v) is 1.89. The highest BCUT2D eigenvalue weighted by molar-refractivity contribution is 5.69. The molecule has 1 aromatic rings. The van der Waals surface area contributed by atoms with E-state index in [1.165, 1.54) is 12.7 Å². The van der Waals surface area contributed by atoms with Crippen molar-refractivity contribution < 1.29 is 14.3 Å². The fraction of sp³-hybridized carbons (Fsp3) is 0.588. The van der Waals surface area contributed by atoms with E-state index in [2.05, 4.69) is 43.0 Å². The third-order valence-corrected chi connectivity index (χ3v) is 3.20. The highest BCUT2D eigenvalue weighted by Gasteiger charge is 2.06. The van der Waals surface area contributed by atoms with Crippen molar-refractivity contribution in [2.24, 2.45) is 5.92 Å². The first kappa shape index (κ1) is 17.5. The molecule has 0 aromatic heterocycles. The van der Waals surface area contributed by atoms with Crippen molar-refractivity contribution in [2.75, 3.05) is 20.3 Å². The van der Waals surface area contributed by atoms with Crippen LogP contribution < -0.4 is 10.1 Å². The number of ether oxygens (including phenoxy) is 2. The Morgan fingerprint density at radius 3 is 2.43 bits per heavy atom. The van der Waals surface area contributed by atoms with E-state index in [0.29, 0.717) is 12.3 Å². The van der Waals surface area contributed by atoms with Gasteiger partial charge in [-0.3, -0.25) is 4.79 Å². The van der Waals surface area contributed by atoms with E-state index < -0.39 is 0 Å². The second-order valence-corrected chi connectivity index (χ2v) is 5.63. The first-order valence-electron chi connectivity index (χ1n) is 7.56. The molecule has 1 atom stereocenters. The number of carbonyl (C=O) groups excluding carboxylic acids is 1. The van der Waals surface area contributed by atoms with Crippen LogP contribution in [0.3, 0.4) is 0 Å². The molecule has 1 unspecified atom stereocenters. The Bertz CT molecular complexity index is 415. The molecule has 0 aliphatic carbocycles. The summed E-state index contributed by atoms with van der Waals surface area (Å²) in [5.74, 6) is 1.28. The Morgan fingerprint density at radius 1 is 1.19 bits per heavy atom. The molecule has 0 fully saturated rings. The first-order valence-corrected chi connectivity index (χ1v) is 7.56. The van der Waals surface area contributed by atoms with Gasteiger partial charge in [-0.05, 0) is 43.5 Å². The number of hydrogen-bond acceptors (Lipinski definition) is 4. The summed E-state index contributed by atoms with van der Waals surface area (Å²) in [6.07, 6.45) is 1.24. The van der Waals surface area contributed by atoms with Gasteiger partial charge in [0, 0.05) is 12.5 Å². The van der Waals surface area contributed by atoms with Crippen molar-refractivity contribution in [2.45, 2.75) is 39.7 Å². The average Bonchev–Trinajstić information content (AvgIpc) is 2.49. The van der Waals surface area contributed by atoms with Gasteiger partial charge in [0.05, 0.1) is 13.7 Å². The Kier molecular flexibility index (Phi) is 7.83. The number of benzene rings is 1. The zero-order valence-electron chi connectivity index (χ0n) is 13.5. The Morgan fingerprint density at radius 2 is 1.86 bits per heavy atom. The second kappa shape index (κ2) is 9.40. The van der Waals surface area contributed by atoms with Crippen molar-refractivity contribution >= 4 is 5.97 Å².